The highest BCUT2D eigenvalue weighted by molar-refractivity contribution is 9.10. The number of piperazine rings is 1. The number of hydrogen-bond donors (Lipinski definition) is 0. The molecule has 1 heterocycles. The lowest BCUT2D eigenvalue weighted by Crippen LogP contribution is -2.49. The first kappa shape index (κ1) is 16.0. The quantitative estimate of drug-likeness (QED) is 0.754. The highest BCUT2D eigenvalue weighted by atomic mass is 79.9. The molecule has 1 aromatic rings. The minimum Gasteiger partial charge on any atom is -0.367 e. The van der Waals surface area contributed by atoms with Gasteiger partial charge in [-0.05, 0) is 28.1 Å². The van der Waals surface area contributed by atoms with Crippen molar-refractivity contribution in [2.24, 2.45) is 0 Å². The third-order valence-corrected chi connectivity index (χ3v) is 4.07. The van der Waals surface area contributed by atoms with Gasteiger partial charge in [-0.1, -0.05) is 0 Å². The van der Waals surface area contributed by atoms with E-state index in [0.29, 0.717) is 18.8 Å². The Kier molecular flexibility index (Phi) is 4.74. The van der Waals surface area contributed by atoms with E-state index in [0.717, 1.165) is 0 Å². The maximum absolute atomic E-state index is 14.2. The highest BCUT2D eigenvalue weighted by Gasteiger charge is 2.32. The van der Waals surface area contributed by atoms with Crippen molar-refractivity contribution in [1.29, 1.82) is 5.26 Å². The summed E-state index contributed by atoms with van der Waals surface area (Å²) in [5, 5.41) is 8.81. The molecule has 1 fully saturated rings. The lowest BCUT2D eigenvalue weighted by molar-refractivity contribution is -0.146. The Morgan fingerprint density at radius 3 is 2.33 bits per heavy atom. The first-order valence-corrected chi connectivity index (χ1v) is 7.03. The summed E-state index contributed by atoms with van der Waals surface area (Å²) in [5.74, 6) is -0.557. The summed E-state index contributed by atoms with van der Waals surface area (Å²) in [5.41, 5.74) is 0.486. The zero-order valence-electron chi connectivity index (χ0n) is 10.9. The minimum absolute atomic E-state index is 0.0835. The standard InChI is InChI=1S/C13H12BrF4N3/c14-11-9(7-19)1-2-10(12(11)15)21-5-3-20(4-6-21)8-13(16,17)18/h1-2H,3-6,8H2. The molecule has 21 heavy (non-hydrogen) atoms. The van der Waals surface area contributed by atoms with Crippen LogP contribution >= 0.6 is 15.9 Å². The summed E-state index contributed by atoms with van der Waals surface area (Å²) < 4.78 is 51.2. The molecular formula is C13H12BrF4N3. The Morgan fingerprint density at radius 1 is 1.19 bits per heavy atom. The van der Waals surface area contributed by atoms with Gasteiger partial charge in [0.05, 0.1) is 22.3 Å². The Morgan fingerprint density at radius 2 is 1.81 bits per heavy atom. The van der Waals surface area contributed by atoms with Crippen LogP contribution in [-0.4, -0.2) is 43.8 Å². The molecule has 0 radical (unpaired) electrons. The molecule has 0 N–H and O–H groups in total. The van der Waals surface area contributed by atoms with Crippen LogP contribution in [0.25, 0.3) is 0 Å². The number of anilines is 1. The number of benzene rings is 1. The van der Waals surface area contributed by atoms with Crippen LogP contribution in [0.4, 0.5) is 23.2 Å². The van der Waals surface area contributed by atoms with E-state index in [1.165, 1.54) is 17.0 Å². The van der Waals surface area contributed by atoms with Crippen LogP contribution in [0.2, 0.25) is 0 Å². The van der Waals surface area contributed by atoms with Crippen molar-refractivity contribution in [3.05, 3.63) is 28.0 Å². The molecule has 1 aliphatic rings. The highest BCUT2D eigenvalue weighted by Crippen LogP contribution is 2.30. The zero-order chi connectivity index (χ0) is 15.6. The molecule has 0 aromatic heterocycles. The number of rotatable bonds is 2. The van der Waals surface area contributed by atoms with Gasteiger partial charge in [0.15, 0.2) is 5.82 Å². The Balaban J connectivity index is 2.06. The fraction of sp³-hybridized carbons (Fsp3) is 0.462. The van der Waals surface area contributed by atoms with E-state index in [2.05, 4.69) is 15.9 Å². The first-order valence-electron chi connectivity index (χ1n) is 6.24. The van der Waals surface area contributed by atoms with Crippen LogP contribution in [0.15, 0.2) is 16.6 Å². The van der Waals surface area contributed by atoms with E-state index < -0.39 is 18.5 Å². The smallest absolute Gasteiger partial charge is 0.367 e. The lowest BCUT2D eigenvalue weighted by atomic mass is 10.2. The van der Waals surface area contributed by atoms with Gasteiger partial charge in [-0.2, -0.15) is 18.4 Å². The molecule has 0 aliphatic carbocycles. The number of hydrogen-bond acceptors (Lipinski definition) is 3. The summed E-state index contributed by atoms with van der Waals surface area (Å²) in [6.07, 6.45) is -4.22. The van der Waals surface area contributed by atoms with Crippen molar-refractivity contribution in [3.63, 3.8) is 0 Å². The van der Waals surface area contributed by atoms with E-state index in [4.69, 9.17) is 5.26 Å². The molecule has 1 aliphatic heterocycles. The molecule has 0 spiro atoms. The molecule has 0 unspecified atom stereocenters. The number of nitriles is 1. The van der Waals surface area contributed by atoms with Crippen molar-refractivity contribution < 1.29 is 17.6 Å². The maximum Gasteiger partial charge on any atom is 0.401 e. The van der Waals surface area contributed by atoms with Crippen molar-refractivity contribution in [2.75, 3.05) is 37.6 Å². The molecular weight excluding hydrogens is 354 g/mol. The van der Waals surface area contributed by atoms with Crippen LogP contribution < -0.4 is 4.90 Å². The topological polar surface area (TPSA) is 30.3 Å². The van der Waals surface area contributed by atoms with E-state index >= 15 is 0 Å². The van der Waals surface area contributed by atoms with Gasteiger partial charge in [-0.3, -0.25) is 4.90 Å². The molecule has 114 valence electrons. The van der Waals surface area contributed by atoms with Gasteiger partial charge in [0.25, 0.3) is 0 Å². The third-order valence-electron chi connectivity index (χ3n) is 3.30. The number of nitrogens with zero attached hydrogens (tertiary/aromatic N) is 3. The molecule has 1 saturated heterocycles. The molecule has 8 heteroatoms. The molecule has 1 aromatic carbocycles. The Bertz CT molecular complexity index is 560. The fourth-order valence-electron chi connectivity index (χ4n) is 2.27. The molecule has 3 nitrogen and oxygen atoms in total. The zero-order valence-corrected chi connectivity index (χ0v) is 12.5. The van der Waals surface area contributed by atoms with Gasteiger partial charge in [0, 0.05) is 26.2 Å². The van der Waals surface area contributed by atoms with Gasteiger partial charge >= 0.3 is 6.18 Å². The van der Waals surface area contributed by atoms with Crippen LogP contribution in [-0.2, 0) is 0 Å². The van der Waals surface area contributed by atoms with E-state index in [1.54, 1.807) is 4.90 Å². The summed E-state index contributed by atoms with van der Waals surface area (Å²) in [6.45, 7) is 0.115. The second kappa shape index (κ2) is 6.20. The van der Waals surface area contributed by atoms with Gasteiger partial charge in [-0.15, -0.1) is 0 Å². The summed E-state index contributed by atoms with van der Waals surface area (Å²) in [7, 11) is 0. The van der Waals surface area contributed by atoms with Gasteiger partial charge < -0.3 is 4.90 Å². The summed E-state index contributed by atoms with van der Waals surface area (Å²) in [6, 6.07) is 4.84. The second-order valence-electron chi connectivity index (χ2n) is 4.75. The van der Waals surface area contributed by atoms with Gasteiger partial charge in [0.2, 0.25) is 0 Å². The predicted molar refractivity (Wildman–Crippen MR) is 73.5 cm³/mol. The van der Waals surface area contributed by atoms with E-state index in [9.17, 15) is 17.6 Å². The largest absolute Gasteiger partial charge is 0.401 e. The SMILES string of the molecule is N#Cc1ccc(N2CCN(CC(F)(F)F)CC2)c(F)c1Br. The monoisotopic (exact) mass is 365 g/mol. The van der Waals surface area contributed by atoms with Gasteiger partial charge in [-0.25, -0.2) is 4.39 Å². The number of alkyl halides is 3. The fourth-order valence-corrected chi connectivity index (χ4v) is 2.69. The molecule has 0 bridgehead atoms. The molecule has 0 atom stereocenters. The molecule has 0 amide bonds. The average Bonchev–Trinajstić information content (AvgIpc) is 2.41. The molecule has 2 rings (SSSR count). The number of halogens is 5. The van der Waals surface area contributed by atoms with Gasteiger partial charge in [0.1, 0.15) is 6.07 Å². The Labute approximate surface area is 127 Å². The van der Waals surface area contributed by atoms with Crippen molar-refractivity contribution in [1.82, 2.24) is 4.90 Å². The first-order chi connectivity index (χ1) is 9.81. The van der Waals surface area contributed by atoms with Crippen LogP contribution in [0.1, 0.15) is 5.56 Å². The maximum atomic E-state index is 14.2. The second-order valence-corrected chi connectivity index (χ2v) is 5.54. The average molecular weight is 366 g/mol. The predicted octanol–water partition coefficient (Wildman–Crippen LogP) is 3.14. The summed E-state index contributed by atoms with van der Waals surface area (Å²) >= 11 is 3.03. The lowest BCUT2D eigenvalue weighted by Gasteiger charge is -2.36. The van der Waals surface area contributed by atoms with E-state index in [-0.39, 0.29) is 23.1 Å². The summed E-state index contributed by atoms with van der Waals surface area (Å²) in [4.78, 5) is 2.99. The van der Waals surface area contributed by atoms with Crippen molar-refractivity contribution in [2.45, 2.75) is 6.18 Å². The normalized spacial score (nSPS) is 16.9. The van der Waals surface area contributed by atoms with Crippen molar-refractivity contribution in [3.8, 4) is 6.07 Å². The van der Waals surface area contributed by atoms with Crippen LogP contribution in [0.5, 0.6) is 0 Å². The minimum atomic E-state index is -4.22. The Hall–Kier alpha value is -1.33. The van der Waals surface area contributed by atoms with Crippen molar-refractivity contribution >= 4 is 21.6 Å². The van der Waals surface area contributed by atoms with E-state index in [1.807, 2.05) is 6.07 Å². The van der Waals surface area contributed by atoms with Crippen LogP contribution in [0.3, 0.4) is 0 Å². The van der Waals surface area contributed by atoms with Crippen LogP contribution in [0, 0.1) is 17.1 Å². The third kappa shape index (κ3) is 3.86. The molecule has 0 saturated carbocycles.